The predicted molar refractivity (Wildman–Crippen MR) is 75.0 cm³/mol. The van der Waals surface area contributed by atoms with Crippen molar-refractivity contribution < 1.29 is 14.3 Å². The first kappa shape index (κ1) is 14.2. The van der Waals surface area contributed by atoms with Crippen LogP contribution >= 0.6 is 11.3 Å². The summed E-state index contributed by atoms with van der Waals surface area (Å²) in [6.45, 7) is -0.0157. The van der Waals surface area contributed by atoms with Crippen LogP contribution in [0, 0.1) is 17.7 Å². The molecule has 0 saturated carbocycles. The summed E-state index contributed by atoms with van der Waals surface area (Å²) in [4.78, 5) is 16.3. The van der Waals surface area contributed by atoms with Gasteiger partial charge in [-0.2, -0.15) is 0 Å². The Kier molecular flexibility index (Phi) is 4.82. The van der Waals surface area contributed by atoms with Gasteiger partial charge >= 0.3 is 0 Å². The number of hydrogen-bond acceptors (Lipinski definition) is 4. The van der Waals surface area contributed by atoms with Crippen LogP contribution in [0.4, 0.5) is 10.2 Å². The Bertz CT molecular complexity index is 656. The first-order chi connectivity index (χ1) is 9.70. The van der Waals surface area contributed by atoms with Crippen LogP contribution in [0.2, 0.25) is 0 Å². The number of hydrogen-bond donors (Lipinski definition) is 2. The number of anilines is 1. The summed E-state index contributed by atoms with van der Waals surface area (Å²) >= 11 is 1.26. The van der Waals surface area contributed by atoms with E-state index in [1.165, 1.54) is 23.5 Å². The first-order valence-electron chi connectivity index (χ1n) is 5.81. The molecule has 0 radical (unpaired) electrons. The number of carbonyl (C=O) groups excluding carboxylic acids is 1. The molecular formula is C14H11FN2O2S. The largest absolute Gasteiger partial charge is 0.395 e. The lowest BCUT2D eigenvalue weighted by Gasteiger charge is -2.02. The molecule has 2 N–H and O–H groups in total. The van der Waals surface area contributed by atoms with Crippen LogP contribution in [0.1, 0.15) is 21.7 Å². The molecule has 0 saturated heterocycles. The highest BCUT2D eigenvalue weighted by Crippen LogP contribution is 2.17. The number of aliphatic hydroxyl groups excluding tert-OH is 1. The van der Waals surface area contributed by atoms with Gasteiger partial charge in [0.15, 0.2) is 0 Å². The van der Waals surface area contributed by atoms with Crippen LogP contribution < -0.4 is 5.32 Å². The van der Waals surface area contributed by atoms with Crippen molar-refractivity contribution in [2.75, 3.05) is 11.9 Å². The van der Waals surface area contributed by atoms with Gasteiger partial charge in [0, 0.05) is 12.0 Å². The maximum absolute atomic E-state index is 12.7. The van der Waals surface area contributed by atoms with E-state index in [4.69, 9.17) is 5.11 Å². The van der Waals surface area contributed by atoms with Crippen LogP contribution in [-0.4, -0.2) is 22.6 Å². The molecule has 0 atom stereocenters. The number of rotatable bonds is 3. The summed E-state index contributed by atoms with van der Waals surface area (Å²) in [5, 5.41) is 13.0. The van der Waals surface area contributed by atoms with Gasteiger partial charge in [-0.05, 0) is 23.6 Å². The molecule has 0 aromatic carbocycles. The number of carbonyl (C=O) groups is 1. The molecule has 2 rings (SSSR count). The Morgan fingerprint density at radius 2 is 2.30 bits per heavy atom. The van der Waals surface area contributed by atoms with Crippen molar-refractivity contribution in [2.24, 2.45) is 0 Å². The lowest BCUT2D eigenvalue weighted by Crippen LogP contribution is -2.12. The SMILES string of the molecule is O=C(Nc1ccc(F)cn1)c1sccc1C#CCCO. The van der Waals surface area contributed by atoms with E-state index < -0.39 is 5.82 Å². The highest BCUT2D eigenvalue weighted by atomic mass is 32.1. The van der Waals surface area contributed by atoms with Crippen molar-refractivity contribution in [2.45, 2.75) is 6.42 Å². The fraction of sp³-hybridized carbons (Fsp3) is 0.143. The molecule has 2 aromatic heterocycles. The van der Waals surface area contributed by atoms with Gasteiger partial charge in [-0.25, -0.2) is 9.37 Å². The Hall–Kier alpha value is -2.23. The Morgan fingerprint density at radius 1 is 1.45 bits per heavy atom. The summed E-state index contributed by atoms with van der Waals surface area (Å²) in [6.07, 6.45) is 1.39. The number of aliphatic hydroxyl groups is 1. The molecular weight excluding hydrogens is 279 g/mol. The van der Waals surface area contributed by atoms with E-state index in [0.29, 0.717) is 16.9 Å². The van der Waals surface area contributed by atoms with Crippen molar-refractivity contribution in [3.63, 3.8) is 0 Å². The van der Waals surface area contributed by atoms with Gasteiger partial charge < -0.3 is 10.4 Å². The highest BCUT2D eigenvalue weighted by molar-refractivity contribution is 7.12. The zero-order valence-corrected chi connectivity index (χ0v) is 11.2. The third-order valence-corrected chi connectivity index (χ3v) is 3.21. The van der Waals surface area contributed by atoms with Crippen molar-refractivity contribution in [1.29, 1.82) is 0 Å². The maximum atomic E-state index is 12.7. The van der Waals surface area contributed by atoms with Gasteiger partial charge in [-0.1, -0.05) is 11.8 Å². The van der Waals surface area contributed by atoms with E-state index >= 15 is 0 Å². The van der Waals surface area contributed by atoms with Gasteiger partial charge in [-0.15, -0.1) is 11.3 Å². The highest BCUT2D eigenvalue weighted by Gasteiger charge is 2.12. The van der Waals surface area contributed by atoms with Gasteiger partial charge in [0.2, 0.25) is 0 Å². The van der Waals surface area contributed by atoms with Crippen molar-refractivity contribution in [1.82, 2.24) is 4.98 Å². The van der Waals surface area contributed by atoms with Crippen molar-refractivity contribution >= 4 is 23.1 Å². The third kappa shape index (κ3) is 3.63. The average Bonchev–Trinajstić information content (AvgIpc) is 2.90. The van der Waals surface area contributed by atoms with E-state index in [1.807, 2.05) is 0 Å². The van der Waals surface area contributed by atoms with Gasteiger partial charge in [0.25, 0.3) is 5.91 Å². The smallest absolute Gasteiger partial charge is 0.268 e. The van der Waals surface area contributed by atoms with E-state index in [9.17, 15) is 9.18 Å². The summed E-state index contributed by atoms with van der Waals surface area (Å²) in [7, 11) is 0. The molecule has 6 heteroatoms. The minimum absolute atomic E-state index is 0.0157. The van der Waals surface area contributed by atoms with Gasteiger partial charge in [0.1, 0.15) is 16.5 Å². The number of nitrogens with one attached hydrogen (secondary N) is 1. The normalized spacial score (nSPS) is 9.70. The quantitative estimate of drug-likeness (QED) is 0.852. The molecule has 0 fully saturated rings. The Labute approximate surface area is 119 Å². The number of amides is 1. The second-order valence-corrected chi connectivity index (χ2v) is 4.67. The minimum Gasteiger partial charge on any atom is -0.395 e. The van der Waals surface area contributed by atoms with Gasteiger partial charge in [0.05, 0.1) is 12.8 Å². The number of pyridine rings is 1. The third-order valence-electron chi connectivity index (χ3n) is 2.30. The molecule has 0 aliphatic carbocycles. The van der Waals surface area contributed by atoms with E-state index in [1.54, 1.807) is 11.4 Å². The molecule has 0 aliphatic rings. The lowest BCUT2D eigenvalue weighted by atomic mass is 10.2. The number of nitrogens with zero attached hydrogens (tertiary/aromatic N) is 1. The zero-order valence-electron chi connectivity index (χ0n) is 10.4. The molecule has 2 heterocycles. The molecule has 0 spiro atoms. The van der Waals surface area contributed by atoms with Gasteiger partial charge in [-0.3, -0.25) is 4.79 Å². The first-order valence-corrected chi connectivity index (χ1v) is 6.69. The average molecular weight is 290 g/mol. The van der Waals surface area contributed by atoms with E-state index in [0.717, 1.165) is 6.20 Å². The van der Waals surface area contributed by atoms with Crippen LogP contribution in [0.15, 0.2) is 29.8 Å². The Balaban J connectivity index is 2.12. The standard InChI is InChI=1S/C14H11FN2O2S/c15-11-4-5-12(16-9-11)17-14(19)13-10(6-8-20-13)3-1-2-7-18/h4-6,8-9,18H,2,7H2,(H,16,17,19). The van der Waals surface area contributed by atoms with Crippen LogP contribution in [0.25, 0.3) is 0 Å². The summed E-state index contributed by atoms with van der Waals surface area (Å²) in [6, 6.07) is 4.35. The van der Waals surface area contributed by atoms with Crippen LogP contribution in [0.5, 0.6) is 0 Å². The zero-order chi connectivity index (χ0) is 14.4. The van der Waals surface area contributed by atoms with E-state index in [2.05, 4.69) is 22.1 Å². The summed E-state index contributed by atoms with van der Waals surface area (Å²) in [5.74, 6) is 5.07. The van der Waals surface area contributed by atoms with Crippen LogP contribution in [0.3, 0.4) is 0 Å². The maximum Gasteiger partial charge on any atom is 0.268 e. The monoisotopic (exact) mass is 290 g/mol. The second kappa shape index (κ2) is 6.80. The molecule has 1 amide bonds. The van der Waals surface area contributed by atoms with Crippen molar-refractivity contribution in [3.8, 4) is 11.8 Å². The molecule has 4 nitrogen and oxygen atoms in total. The summed E-state index contributed by atoms with van der Waals surface area (Å²) in [5.41, 5.74) is 0.600. The fourth-order valence-corrected chi connectivity index (χ4v) is 2.16. The molecule has 20 heavy (non-hydrogen) atoms. The second-order valence-electron chi connectivity index (χ2n) is 3.75. The van der Waals surface area contributed by atoms with Crippen molar-refractivity contribution in [3.05, 3.63) is 46.0 Å². The Morgan fingerprint density at radius 3 is 3.00 bits per heavy atom. The minimum atomic E-state index is -0.463. The molecule has 0 bridgehead atoms. The molecule has 0 unspecified atom stereocenters. The molecule has 0 aliphatic heterocycles. The number of thiophene rings is 1. The van der Waals surface area contributed by atoms with E-state index in [-0.39, 0.29) is 18.3 Å². The lowest BCUT2D eigenvalue weighted by molar-refractivity contribution is 0.103. The van der Waals surface area contributed by atoms with Crippen LogP contribution in [-0.2, 0) is 0 Å². The summed E-state index contributed by atoms with van der Waals surface area (Å²) < 4.78 is 12.7. The number of aromatic nitrogens is 1. The molecule has 102 valence electrons. The predicted octanol–water partition coefficient (Wildman–Crippen LogP) is 2.27. The fourth-order valence-electron chi connectivity index (χ4n) is 1.42. The topological polar surface area (TPSA) is 62.2 Å². The molecule has 2 aromatic rings. The number of halogens is 1.